The molecule has 1 fully saturated rings. The second-order valence-electron chi connectivity index (χ2n) is 4.57. The molecule has 0 bridgehead atoms. The minimum atomic E-state index is -0.686. The summed E-state index contributed by atoms with van der Waals surface area (Å²) >= 11 is 1.60. The molecule has 1 aromatic rings. The zero-order chi connectivity index (χ0) is 12.5. The molecule has 1 saturated heterocycles. The lowest BCUT2D eigenvalue weighted by Gasteiger charge is -2.37. The van der Waals surface area contributed by atoms with Crippen LogP contribution < -0.4 is 0 Å². The third kappa shape index (κ3) is 1.98. The number of rotatable bonds is 4. The first-order valence-corrected chi connectivity index (χ1v) is 6.88. The van der Waals surface area contributed by atoms with Gasteiger partial charge in [-0.15, -0.1) is 11.3 Å². The van der Waals surface area contributed by atoms with Gasteiger partial charge in [-0.1, -0.05) is 6.92 Å². The second kappa shape index (κ2) is 4.74. The van der Waals surface area contributed by atoms with Crippen LogP contribution in [0.25, 0.3) is 0 Å². The molecule has 1 aliphatic rings. The molecule has 0 spiro atoms. The second-order valence-corrected chi connectivity index (χ2v) is 5.48. The van der Waals surface area contributed by atoms with Crippen LogP contribution in [0.2, 0.25) is 0 Å². The Kier molecular flexibility index (Phi) is 3.49. The van der Waals surface area contributed by atoms with Gasteiger partial charge < -0.3 is 5.11 Å². The third-order valence-corrected chi connectivity index (χ3v) is 4.80. The van der Waals surface area contributed by atoms with Gasteiger partial charge in [0.25, 0.3) is 0 Å². The van der Waals surface area contributed by atoms with Gasteiger partial charge in [0, 0.05) is 17.1 Å². The lowest BCUT2D eigenvalue weighted by molar-refractivity contribution is -0.151. The molecule has 0 aromatic carbocycles. The largest absolute Gasteiger partial charge is 0.480 e. The number of hydrogen-bond acceptors (Lipinski definition) is 4. The number of thiazole rings is 1. The maximum Gasteiger partial charge on any atom is 0.324 e. The van der Waals surface area contributed by atoms with Crippen LogP contribution in [0.5, 0.6) is 0 Å². The Labute approximate surface area is 105 Å². The molecule has 2 unspecified atom stereocenters. The van der Waals surface area contributed by atoms with Crippen molar-refractivity contribution < 1.29 is 9.90 Å². The Balaban J connectivity index is 2.28. The van der Waals surface area contributed by atoms with Gasteiger partial charge in [-0.25, -0.2) is 0 Å². The van der Waals surface area contributed by atoms with Crippen molar-refractivity contribution in [3.63, 3.8) is 0 Å². The van der Waals surface area contributed by atoms with Crippen molar-refractivity contribution in [2.45, 2.75) is 44.7 Å². The molecule has 1 aliphatic heterocycles. The minimum Gasteiger partial charge on any atom is -0.480 e. The monoisotopic (exact) mass is 254 g/mol. The van der Waals surface area contributed by atoms with E-state index < -0.39 is 11.5 Å². The summed E-state index contributed by atoms with van der Waals surface area (Å²) in [7, 11) is 0. The summed E-state index contributed by atoms with van der Waals surface area (Å²) in [5.74, 6) is -0.686. The van der Waals surface area contributed by atoms with E-state index in [4.69, 9.17) is 0 Å². The molecule has 2 atom stereocenters. The van der Waals surface area contributed by atoms with Gasteiger partial charge in [-0.05, 0) is 32.7 Å². The van der Waals surface area contributed by atoms with E-state index in [0.29, 0.717) is 6.42 Å². The van der Waals surface area contributed by atoms with Crippen LogP contribution in [-0.4, -0.2) is 33.0 Å². The Morgan fingerprint density at radius 1 is 1.76 bits per heavy atom. The molecule has 5 heteroatoms. The Morgan fingerprint density at radius 2 is 2.53 bits per heavy atom. The molecular weight excluding hydrogens is 236 g/mol. The molecule has 0 saturated carbocycles. The van der Waals surface area contributed by atoms with Gasteiger partial charge in [0.05, 0.1) is 5.51 Å². The maximum absolute atomic E-state index is 11.6. The normalized spacial score (nSPS) is 27.2. The average Bonchev–Trinajstić information content (AvgIpc) is 2.97. The zero-order valence-corrected chi connectivity index (χ0v) is 11.0. The molecule has 0 radical (unpaired) electrons. The third-order valence-electron chi connectivity index (χ3n) is 3.85. The molecule has 4 nitrogen and oxygen atoms in total. The highest BCUT2D eigenvalue weighted by atomic mass is 32.1. The summed E-state index contributed by atoms with van der Waals surface area (Å²) in [4.78, 5) is 18.9. The van der Waals surface area contributed by atoms with E-state index >= 15 is 0 Å². The van der Waals surface area contributed by atoms with Crippen molar-refractivity contribution in [3.8, 4) is 0 Å². The fourth-order valence-corrected chi connectivity index (χ4v) is 3.50. The van der Waals surface area contributed by atoms with Crippen LogP contribution in [0.4, 0.5) is 0 Å². The van der Waals surface area contributed by atoms with E-state index in [2.05, 4.69) is 16.8 Å². The highest BCUT2D eigenvalue weighted by Gasteiger charge is 2.48. The number of hydrogen-bond donors (Lipinski definition) is 1. The van der Waals surface area contributed by atoms with Gasteiger partial charge in [0.1, 0.15) is 5.54 Å². The first kappa shape index (κ1) is 12.5. The molecule has 0 amide bonds. The average molecular weight is 254 g/mol. The summed E-state index contributed by atoms with van der Waals surface area (Å²) in [6.45, 7) is 4.90. The summed E-state index contributed by atoms with van der Waals surface area (Å²) in [5.41, 5.74) is 1.12. The number of nitrogens with zero attached hydrogens (tertiary/aromatic N) is 2. The predicted molar refractivity (Wildman–Crippen MR) is 67.1 cm³/mol. The zero-order valence-electron chi connectivity index (χ0n) is 10.2. The molecule has 2 rings (SSSR count). The van der Waals surface area contributed by atoms with Crippen molar-refractivity contribution in [1.82, 2.24) is 9.88 Å². The number of aliphatic carboxylic acids is 1. The fourth-order valence-electron chi connectivity index (χ4n) is 2.81. The summed E-state index contributed by atoms with van der Waals surface area (Å²) in [6.07, 6.45) is 4.21. The van der Waals surface area contributed by atoms with Crippen molar-refractivity contribution in [2.75, 3.05) is 6.54 Å². The van der Waals surface area contributed by atoms with Gasteiger partial charge >= 0.3 is 5.97 Å². The van der Waals surface area contributed by atoms with E-state index in [1.165, 1.54) is 0 Å². The van der Waals surface area contributed by atoms with Gasteiger partial charge in [0.2, 0.25) is 0 Å². The van der Waals surface area contributed by atoms with Crippen molar-refractivity contribution in [1.29, 1.82) is 0 Å². The Hall–Kier alpha value is -0.940. The number of carboxylic acid groups (broad SMARTS) is 1. The topological polar surface area (TPSA) is 53.4 Å². The lowest BCUT2D eigenvalue weighted by atomic mass is 9.92. The van der Waals surface area contributed by atoms with Crippen LogP contribution in [0, 0.1) is 0 Å². The highest BCUT2D eigenvalue weighted by molar-refractivity contribution is 7.09. The number of carbonyl (C=O) groups is 1. The van der Waals surface area contributed by atoms with E-state index in [1.807, 2.05) is 13.1 Å². The van der Waals surface area contributed by atoms with Gasteiger partial charge in [-0.2, -0.15) is 0 Å². The Bertz CT molecular complexity index is 393. The van der Waals surface area contributed by atoms with E-state index in [1.54, 1.807) is 16.8 Å². The van der Waals surface area contributed by atoms with Gasteiger partial charge in [0.15, 0.2) is 0 Å². The number of likely N-dealkylation sites (tertiary alicyclic amines) is 1. The van der Waals surface area contributed by atoms with Crippen LogP contribution >= 0.6 is 11.3 Å². The standard InChI is InChI=1S/C12H18N2O2S/c1-3-12(11(15)16)5-4-6-14(12)9(2)10-7-13-8-17-10/h7-9H,3-6H2,1-2H3,(H,15,16). The van der Waals surface area contributed by atoms with Crippen LogP contribution in [0.1, 0.15) is 44.0 Å². The quantitative estimate of drug-likeness (QED) is 0.897. The molecule has 1 N–H and O–H groups in total. The number of aromatic nitrogens is 1. The molecule has 94 valence electrons. The van der Waals surface area contributed by atoms with Crippen LogP contribution in [0.3, 0.4) is 0 Å². The van der Waals surface area contributed by atoms with E-state index in [9.17, 15) is 9.90 Å². The van der Waals surface area contributed by atoms with Gasteiger partial charge in [-0.3, -0.25) is 14.7 Å². The SMILES string of the molecule is CCC1(C(=O)O)CCCN1C(C)c1cncs1. The first-order valence-electron chi connectivity index (χ1n) is 6.00. The van der Waals surface area contributed by atoms with Crippen molar-refractivity contribution >= 4 is 17.3 Å². The predicted octanol–water partition coefficient (Wildman–Crippen LogP) is 2.53. The first-order chi connectivity index (χ1) is 8.12. The molecule has 2 heterocycles. The smallest absolute Gasteiger partial charge is 0.324 e. The summed E-state index contributed by atoms with van der Waals surface area (Å²) in [6, 6.07) is 0.140. The molecular formula is C12H18N2O2S. The minimum absolute atomic E-state index is 0.140. The highest BCUT2D eigenvalue weighted by Crippen LogP contribution is 2.39. The van der Waals surface area contributed by atoms with E-state index in [0.717, 1.165) is 24.3 Å². The van der Waals surface area contributed by atoms with Crippen LogP contribution in [0.15, 0.2) is 11.7 Å². The molecule has 1 aromatic heterocycles. The number of carboxylic acids is 1. The van der Waals surface area contributed by atoms with Crippen LogP contribution in [-0.2, 0) is 4.79 Å². The molecule has 17 heavy (non-hydrogen) atoms. The maximum atomic E-state index is 11.6. The summed E-state index contributed by atoms with van der Waals surface area (Å²) < 4.78 is 0. The van der Waals surface area contributed by atoms with E-state index in [-0.39, 0.29) is 6.04 Å². The van der Waals surface area contributed by atoms with Crippen molar-refractivity contribution in [3.05, 3.63) is 16.6 Å². The fraction of sp³-hybridized carbons (Fsp3) is 0.667. The summed E-state index contributed by atoms with van der Waals surface area (Å²) in [5, 5.41) is 9.53. The molecule has 0 aliphatic carbocycles. The lowest BCUT2D eigenvalue weighted by Crippen LogP contribution is -2.50. The Morgan fingerprint density at radius 3 is 3.06 bits per heavy atom. The van der Waals surface area contributed by atoms with Crippen molar-refractivity contribution in [2.24, 2.45) is 0 Å².